The third-order valence-corrected chi connectivity index (χ3v) is 11.9. The number of nitrogens with zero attached hydrogens (tertiary/aromatic N) is 2. The van der Waals surface area contributed by atoms with E-state index in [9.17, 15) is 18.3 Å². The van der Waals surface area contributed by atoms with Crippen LogP contribution in [0.2, 0.25) is 5.02 Å². The molecule has 1 N–H and O–H groups in total. The molecule has 1 aliphatic carbocycles. The maximum absolute atomic E-state index is 14.6. The van der Waals surface area contributed by atoms with Crippen molar-refractivity contribution in [3.8, 4) is 0 Å². The second-order valence-electron chi connectivity index (χ2n) is 8.72. The lowest BCUT2D eigenvalue weighted by Crippen LogP contribution is -2.58. The molecule has 1 saturated carbocycles. The molecule has 3 fully saturated rings. The molecule has 3 unspecified atom stereocenters. The van der Waals surface area contributed by atoms with Crippen LogP contribution in [-0.2, 0) is 25.2 Å². The van der Waals surface area contributed by atoms with Gasteiger partial charge in [-0.15, -0.1) is 0 Å². The summed E-state index contributed by atoms with van der Waals surface area (Å²) >= 11 is 6.07. The quantitative estimate of drug-likeness (QED) is 0.658. The minimum atomic E-state index is -2.77. The molecule has 0 spiro atoms. The van der Waals surface area contributed by atoms with Gasteiger partial charge in [0.2, 0.25) is 0 Å². The Morgan fingerprint density at radius 3 is 2.74 bits per heavy atom. The topological polar surface area (TPSA) is 87.2 Å². The zero-order valence-corrected chi connectivity index (χ0v) is 19.8. The van der Waals surface area contributed by atoms with Crippen LogP contribution in [0.5, 0.6) is 0 Å². The van der Waals surface area contributed by atoms with Crippen molar-refractivity contribution >= 4 is 43.1 Å². The van der Waals surface area contributed by atoms with E-state index in [1.807, 2.05) is 11.2 Å². The molecule has 6 atom stereocenters. The van der Waals surface area contributed by atoms with E-state index in [0.29, 0.717) is 40.8 Å². The second kappa shape index (κ2) is 7.73. The summed E-state index contributed by atoms with van der Waals surface area (Å²) in [5.41, 5.74) is -0.972. The lowest BCUT2D eigenvalue weighted by atomic mass is 10.1. The van der Waals surface area contributed by atoms with Crippen LogP contribution in [0.25, 0.3) is 0 Å². The summed E-state index contributed by atoms with van der Waals surface area (Å²) in [5.74, 6) is 0.800. The summed E-state index contributed by atoms with van der Waals surface area (Å²) in [6.45, 7) is 2.45. The molecule has 0 aromatic heterocycles. The van der Waals surface area contributed by atoms with Crippen LogP contribution in [0.15, 0.2) is 29.2 Å². The van der Waals surface area contributed by atoms with Crippen LogP contribution >= 0.6 is 11.6 Å². The molecule has 0 bridgehead atoms. The maximum atomic E-state index is 14.6. The Balaban J connectivity index is 1.57. The molecule has 0 radical (unpaired) electrons. The molecule has 1 aromatic rings. The Kier molecular flexibility index (Phi) is 5.41. The molecule has 1 aromatic carbocycles. The van der Waals surface area contributed by atoms with E-state index in [0.717, 1.165) is 17.7 Å². The van der Waals surface area contributed by atoms with E-state index in [-0.39, 0.29) is 24.7 Å². The van der Waals surface area contributed by atoms with Gasteiger partial charge in [0.05, 0.1) is 33.3 Å². The number of carbonyl (C=O) groups is 1. The number of halogens is 1. The van der Waals surface area contributed by atoms with Gasteiger partial charge in [-0.25, -0.2) is 13.3 Å². The Morgan fingerprint density at radius 2 is 2.06 bits per heavy atom. The average molecular weight is 487 g/mol. The van der Waals surface area contributed by atoms with Gasteiger partial charge >= 0.3 is 6.09 Å². The predicted octanol–water partition coefficient (Wildman–Crippen LogP) is 2.03. The van der Waals surface area contributed by atoms with Gasteiger partial charge in [-0.2, -0.15) is 0 Å². The first-order valence-corrected chi connectivity index (χ1v) is 14.1. The number of rotatable bonds is 4. The Hall–Kier alpha value is -1.13. The molecule has 1 amide bonds. The fourth-order valence-electron chi connectivity index (χ4n) is 5.37. The summed E-state index contributed by atoms with van der Waals surface area (Å²) in [6, 6.07) is 6.30. The number of fused-ring (bicyclic) bond motifs is 3. The lowest BCUT2D eigenvalue weighted by molar-refractivity contribution is 0.0218. The molecule has 4 aliphatic rings. The number of likely N-dealkylation sites (tertiary alicyclic amines) is 1. The number of hydrogen-bond acceptors (Lipinski definition) is 5. The summed E-state index contributed by atoms with van der Waals surface area (Å²) < 4.78 is 35.4. The smallest absolute Gasteiger partial charge is 0.411 e. The van der Waals surface area contributed by atoms with E-state index >= 15 is 0 Å². The third-order valence-electron chi connectivity index (χ3n) is 7.02. The van der Waals surface area contributed by atoms with Gasteiger partial charge in [-0.3, -0.25) is 4.21 Å². The number of benzene rings is 1. The highest BCUT2D eigenvalue weighted by atomic mass is 35.5. The highest BCUT2D eigenvalue weighted by Gasteiger charge is 2.72. The van der Waals surface area contributed by atoms with Gasteiger partial charge in [-0.1, -0.05) is 18.5 Å². The van der Waals surface area contributed by atoms with E-state index in [1.165, 1.54) is 0 Å². The van der Waals surface area contributed by atoms with Gasteiger partial charge in [0.25, 0.3) is 0 Å². The van der Waals surface area contributed by atoms with E-state index < -0.39 is 32.2 Å². The number of aliphatic hydroxyl groups excluding tert-OH is 1. The molecule has 10 heteroatoms. The van der Waals surface area contributed by atoms with E-state index in [4.69, 9.17) is 16.3 Å². The van der Waals surface area contributed by atoms with Crippen molar-refractivity contribution in [1.29, 1.82) is 0 Å². The van der Waals surface area contributed by atoms with Gasteiger partial charge < -0.3 is 14.7 Å². The normalized spacial score (nSPS) is 39.3. The standard InChI is InChI=1S/C21H27ClN2O5S2/c1-2-15-12-30(27)13-18-21(29-20(26)23-9-3-4-16(23)11-25)10-19(21)31(28,24(15)18)17-7-5-14(22)6-8-17/h5-8,15-16,18,25H,2-4,9-13H2,1H3/t15-,16+,18-,21?,30?,31?/m1/s1. The molecule has 3 aliphatic heterocycles. The fourth-order valence-corrected chi connectivity index (χ4v) is 11.0. The summed E-state index contributed by atoms with van der Waals surface area (Å²) in [4.78, 5) is 16.0. The van der Waals surface area contributed by atoms with Crippen LogP contribution in [0.1, 0.15) is 32.6 Å². The number of aliphatic hydroxyl groups is 1. The Labute approximate surface area is 190 Å². The molecular weight excluding hydrogens is 460 g/mol. The molecule has 2 saturated heterocycles. The molecule has 3 heterocycles. The highest BCUT2D eigenvalue weighted by Crippen LogP contribution is 2.55. The number of carbonyl (C=O) groups excluding carboxylic acids is 1. The molecule has 31 heavy (non-hydrogen) atoms. The molecular formula is C21H27ClN2O5S2. The first-order chi connectivity index (χ1) is 14.8. The third kappa shape index (κ3) is 3.19. The van der Waals surface area contributed by atoms with Gasteiger partial charge in [-0.05, 0) is 43.5 Å². The van der Waals surface area contributed by atoms with Crippen molar-refractivity contribution in [1.82, 2.24) is 9.21 Å². The Bertz CT molecular complexity index is 1050. The van der Waals surface area contributed by atoms with Crippen molar-refractivity contribution in [2.75, 3.05) is 24.7 Å². The van der Waals surface area contributed by atoms with Crippen molar-refractivity contribution in [2.45, 2.75) is 61.2 Å². The summed E-state index contributed by atoms with van der Waals surface area (Å²) in [7, 11) is -3.84. The first-order valence-electron chi connectivity index (χ1n) is 10.7. The number of amides is 1. The van der Waals surface area contributed by atoms with Crippen molar-refractivity contribution in [3.63, 3.8) is 0 Å². The van der Waals surface area contributed by atoms with Crippen LogP contribution in [0.4, 0.5) is 4.79 Å². The molecule has 170 valence electrons. The van der Waals surface area contributed by atoms with Crippen LogP contribution in [0, 0.1) is 0 Å². The van der Waals surface area contributed by atoms with Gasteiger partial charge in [0.1, 0.15) is 0 Å². The minimum Gasteiger partial charge on any atom is -0.435 e. The fraction of sp³-hybridized carbons (Fsp3) is 0.619. The van der Waals surface area contributed by atoms with Crippen molar-refractivity contribution < 1.29 is 23.1 Å². The van der Waals surface area contributed by atoms with Crippen molar-refractivity contribution in [3.05, 3.63) is 29.3 Å². The zero-order chi connectivity index (χ0) is 22.0. The van der Waals surface area contributed by atoms with E-state index in [1.54, 1.807) is 29.2 Å². The maximum Gasteiger partial charge on any atom is 0.411 e. The van der Waals surface area contributed by atoms with Gasteiger partial charge in [0, 0.05) is 51.2 Å². The van der Waals surface area contributed by atoms with Crippen LogP contribution in [0.3, 0.4) is 0 Å². The first kappa shape index (κ1) is 21.7. The average Bonchev–Trinajstić information content (AvgIpc) is 3.21. The molecule has 7 nitrogen and oxygen atoms in total. The number of ether oxygens (including phenoxy) is 1. The SMILES string of the molecule is CC[C@@H]1CS(=O)C[C@H]2N1S(=O)(c1ccc(Cl)cc1)=C1CC12OC(=O)N1CCC[C@H]1CO. The Morgan fingerprint density at radius 1 is 1.32 bits per heavy atom. The molecule has 5 rings (SSSR count). The number of hydrogen-bond donors (Lipinski definition) is 1. The van der Waals surface area contributed by atoms with Crippen LogP contribution in [-0.4, -0.2) is 82.1 Å². The lowest BCUT2D eigenvalue weighted by Gasteiger charge is -2.42. The minimum absolute atomic E-state index is 0.0995. The monoisotopic (exact) mass is 486 g/mol. The highest BCUT2D eigenvalue weighted by molar-refractivity contribution is 8.01. The van der Waals surface area contributed by atoms with Crippen LogP contribution < -0.4 is 0 Å². The van der Waals surface area contributed by atoms with E-state index in [2.05, 4.69) is 0 Å². The van der Waals surface area contributed by atoms with Gasteiger partial charge in [0.15, 0.2) is 5.60 Å². The summed E-state index contributed by atoms with van der Waals surface area (Å²) in [6.07, 6.45) is 2.22. The largest absolute Gasteiger partial charge is 0.435 e. The zero-order valence-electron chi connectivity index (χ0n) is 17.4. The van der Waals surface area contributed by atoms with Crippen molar-refractivity contribution in [2.24, 2.45) is 0 Å². The predicted molar refractivity (Wildman–Crippen MR) is 121 cm³/mol. The second-order valence-corrected chi connectivity index (χ2v) is 13.1. The summed E-state index contributed by atoms with van der Waals surface area (Å²) in [5, 5.41) is 10.2.